The fraction of sp³-hybridized carbons (Fsp3) is 0.216. The highest BCUT2D eigenvalue weighted by atomic mass is 19.4. The average molecular weight is 753 g/mol. The molecule has 280 valence electrons. The molecule has 54 heavy (non-hydrogen) atoms. The summed E-state index contributed by atoms with van der Waals surface area (Å²) in [5.74, 6) is 0.135. The van der Waals surface area contributed by atoms with E-state index in [0.29, 0.717) is 47.0 Å². The van der Waals surface area contributed by atoms with Gasteiger partial charge in [0.2, 0.25) is 0 Å². The lowest BCUT2D eigenvalue weighted by atomic mass is 10.1. The van der Waals surface area contributed by atoms with E-state index in [4.69, 9.17) is 9.47 Å². The van der Waals surface area contributed by atoms with Crippen molar-refractivity contribution in [3.63, 3.8) is 0 Å². The first-order valence-electron chi connectivity index (χ1n) is 16.3. The molecule has 0 aliphatic heterocycles. The number of carbonyl (C=O) groups excluding carboxylic acids is 1. The van der Waals surface area contributed by atoms with Gasteiger partial charge in [0.15, 0.2) is 11.6 Å². The van der Waals surface area contributed by atoms with E-state index in [-0.39, 0.29) is 11.5 Å². The topological polar surface area (TPSA) is 115 Å². The minimum Gasteiger partial charge on any atom is -0.431 e. The molecule has 0 N–H and O–H groups in total. The van der Waals surface area contributed by atoms with Crippen LogP contribution in [0, 0.1) is 0 Å². The van der Waals surface area contributed by atoms with E-state index < -0.39 is 31.1 Å². The van der Waals surface area contributed by atoms with Gasteiger partial charge in [0, 0.05) is 24.0 Å². The van der Waals surface area contributed by atoms with E-state index in [0.717, 1.165) is 11.1 Å². The maximum Gasteiger partial charge on any atom is 0.573 e. The van der Waals surface area contributed by atoms with E-state index >= 15 is 0 Å². The summed E-state index contributed by atoms with van der Waals surface area (Å²) in [6, 6.07) is 25.2. The van der Waals surface area contributed by atoms with Crippen molar-refractivity contribution in [1.82, 2.24) is 29.5 Å². The molecule has 0 fully saturated rings. The molecular weight excluding hydrogens is 722 g/mol. The number of hydrogen-bond donors (Lipinski definition) is 0. The van der Waals surface area contributed by atoms with Crippen LogP contribution in [0.1, 0.15) is 25.0 Å². The number of nitrogens with zero attached hydrogens (tertiary/aromatic N) is 6. The monoisotopic (exact) mass is 752 g/mol. The second-order valence-corrected chi connectivity index (χ2v) is 12.0. The van der Waals surface area contributed by atoms with Crippen LogP contribution in [-0.2, 0) is 22.3 Å². The number of hydrogen-bond acceptors (Lipinski definition) is 9. The Morgan fingerprint density at radius 1 is 0.574 bits per heavy atom. The molecule has 2 aromatic heterocycles. The zero-order valence-electron chi connectivity index (χ0n) is 28.5. The summed E-state index contributed by atoms with van der Waals surface area (Å²) in [6.07, 6.45) is -7.61. The molecule has 0 aliphatic carbocycles. The second-order valence-electron chi connectivity index (χ2n) is 12.0. The van der Waals surface area contributed by atoms with Crippen molar-refractivity contribution in [3.8, 4) is 45.6 Å². The largest absolute Gasteiger partial charge is 0.573 e. The molecule has 2 heterocycles. The summed E-state index contributed by atoms with van der Waals surface area (Å²) in [4.78, 5) is 21.1. The van der Waals surface area contributed by atoms with E-state index in [2.05, 4.69) is 29.6 Å². The lowest BCUT2D eigenvalue weighted by Gasteiger charge is -2.17. The maximum absolute atomic E-state index is 12.5. The summed E-state index contributed by atoms with van der Waals surface area (Å²) < 4.78 is 96.2. The number of benzene rings is 4. The number of halogens is 6. The molecule has 0 spiro atoms. The summed E-state index contributed by atoms with van der Waals surface area (Å²) in [5, 5.41) is 8.81. The minimum atomic E-state index is -4.78. The zero-order chi connectivity index (χ0) is 38.5. The van der Waals surface area contributed by atoms with E-state index in [9.17, 15) is 31.1 Å². The Morgan fingerprint density at radius 2 is 0.926 bits per heavy atom. The minimum absolute atomic E-state index is 0.341. The fourth-order valence-electron chi connectivity index (χ4n) is 5.32. The van der Waals surface area contributed by atoms with Gasteiger partial charge in [-0.25, -0.2) is 24.1 Å². The van der Waals surface area contributed by atoms with Crippen LogP contribution in [0.2, 0.25) is 0 Å². The lowest BCUT2D eigenvalue weighted by Crippen LogP contribution is -2.23. The first-order valence-corrected chi connectivity index (χ1v) is 16.3. The Hall–Kier alpha value is -6.39. The number of aromatic nitrogens is 6. The van der Waals surface area contributed by atoms with Crippen molar-refractivity contribution in [2.45, 2.75) is 51.6 Å². The van der Waals surface area contributed by atoms with Crippen molar-refractivity contribution >= 4 is 6.16 Å². The first kappa shape index (κ1) is 37.4. The molecule has 6 rings (SSSR count). The number of alkyl halides is 6. The Bertz CT molecular complexity index is 2000. The van der Waals surface area contributed by atoms with E-state index in [1.54, 1.807) is 13.8 Å². The Morgan fingerprint density at radius 3 is 1.26 bits per heavy atom. The number of rotatable bonds is 12. The summed E-state index contributed by atoms with van der Waals surface area (Å²) in [6.45, 7) is 3.50. The normalized spacial score (nSPS) is 12.9. The summed E-state index contributed by atoms with van der Waals surface area (Å²) in [5.41, 5.74) is 4.20. The van der Waals surface area contributed by atoms with Crippen LogP contribution >= 0.6 is 0 Å². The Kier molecular flexibility index (Phi) is 10.9. The SMILES string of the molecule is CC(Cc1ccc(-c2ncn(-c3ccc(OC(F)(F)F)cc3)n2)cc1)OC(=O)OC(C)Cc1ccc(-c2ncn(-c3ccc(OC(F)(F)F)cc3)n2)cc1. The van der Waals surface area contributed by atoms with Crippen molar-refractivity contribution in [1.29, 1.82) is 0 Å². The zero-order valence-corrected chi connectivity index (χ0v) is 28.5. The van der Waals surface area contributed by atoms with Gasteiger partial charge >= 0.3 is 18.9 Å². The highest BCUT2D eigenvalue weighted by Gasteiger charge is 2.31. The van der Waals surface area contributed by atoms with E-state index in [1.807, 2.05) is 48.5 Å². The maximum atomic E-state index is 12.5. The fourth-order valence-corrected chi connectivity index (χ4v) is 5.32. The molecule has 2 unspecified atom stereocenters. The van der Waals surface area contributed by atoms with Crippen LogP contribution in [0.15, 0.2) is 110 Å². The molecule has 11 nitrogen and oxygen atoms in total. The third-order valence-corrected chi connectivity index (χ3v) is 7.72. The third kappa shape index (κ3) is 10.4. The van der Waals surface area contributed by atoms with Gasteiger partial charge in [-0.15, -0.1) is 36.5 Å². The predicted molar refractivity (Wildman–Crippen MR) is 181 cm³/mol. The van der Waals surface area contributed by atoms with Crippen LogP contribution < -0.4 is 9.47 Å². The Labute approximate surface area is 303 Å². The van der Waals surface area contributed by atoms with Gasteiger partial charge in [-0.3, -0.25) is 0 Å². The van der Waals surface area contributed by atoms with Crippen molar-refractivity contribution in [2.24, 2.45) is 0 Å². The molecular formula is C37H30F6N6O5. The van der Waals surface area contributed by atoms with Crippen LogP contribution in [0.4, 0.5) is 31.1 Å². The molecule has 0 amide bonds. The predicted octanol–water partition coefficient (Wildman–Crippen LogP) is 8.69. The molecule has 0 saturated carbocycles. The quantitative estimate of drug-likeness (QED) is 0.0895. The van der Waals surface area contributed by atoms with Gasteiger partial charge in [-0.05, 0) is 73.5 Å². The smallest absolute Gasteiger partial charge is 0.431 e. The van der Waals surface area contributed by atoms with Crippen LogP contribution in [-0.4, -0.2) is 60.6 Å². The number of carbonyl (C=O) groups is 1. The van der Waals surface area contributed by atoms with Crippen LogP contribution in [0.3, 0.4) is 0 Å². The summed E-state index contributed by atoms with van der Waals surface area (Å²) in [7, 11) is 0. The molecule has 17 heteroatoms. The van der Waals surface area contributed by atoms with Gasteiger partial charge in [0.1, 0.15) is 36.4 Å². The standard InChI is InChI=1S/C37H30F6N6O5/c1-23(19-25-3-7-27(8-4-25)33-44-21-48(46-33)29-11-15-31(16-12-29)53-36(38,39)40)51-35(50)52-24(2)20-26-5-9-28(10-6-26)34-45-22-49(47-34)30-13-17-32(18-14-30)54-37(41,42)43/h3-18,21-24H,19-20H2,1-2H3. The lowest BCUT2D eigenvalue weighted by molar-refractivity contribution is -0.275. The number of ether oxygens (including phenoxy) is 4. The average Bonchev–Trinajstić information content (AvgIpc) is 3.80. The van der Waals surface area contributed by atoms with Gasteiger partial charge in [-0.1, -0.05) is 48.5 Å². The molecule has 0 radical (unpaired) electrons. The Balaban J connectivity index is 0.949. The van der Waals surface area contributed by atoms with Crippen molar-refractivity contribution < 1.29 is 50.1 Å². The van der Waals surface area contributed by atoms with Crippen molar-refractivity contribution in [2.75, 3.05) is 0 Å². The van der Waals surface area contributed by atoms with Crippen LogP contribution in [0.5, 0.6) is 11.5 Å². The summed E-state index contributed by atoms with van der Waals surface area (Å²) >= 11 is 0. The highest BCUT2D eigenvalue weighted by molar-refractivity contribution is 5.61. The molecule has 4 aromatic carbocycles. The molecule has 2 atom stereocenters. The van der Waals surface area contributed by atoms with Gasteiger partial charge in [0.25, 0.3) is 0 Å². The van der Waals surface area contributed by atoms with Crippen LogP contribution in [0.25, 0.3) is 34.2 Å². The molecule has 0 aliphatic rings. The van der Waals surface area contributed by atoms with Gasteiger partial charge in [0.05, 0.1) is 11.4 Å². The van der Waals surface area contributed by atoms with Gasteiger partial charge < -0.3 is 18.9 Å². The molecule has 6 aromatic rings. The first-order chi connectivity index (χ1) is 25.7. The van der Waals surface area contributed by atoms with Gasteiger partial charge in [-0.2, -0.15) is 0 Å². The second kappa shape index (κ2) is 15.7. The molecule has 0 bridgehead atoms. The molecule has 0 saturated heterocycles. The highest BCUT2D eigenvalue weighted by Crippen LogP contribution is 2.26. The van der Waals surface area contributed by atoms with Crippen molar-refractivity contribution in [3.05, 3.63) is 121 Å². The van der Waals surface area contributed by atoms with E-state index in [1.165, 1.54) is 70.5 Å². The third-order valence-electron chi connectivity index (χ3n) is 7.72.